The molecule has 1 aromatic heterocycles. The van der Waals surface area contributed by atoms with Crippen molar-refractivity contribution in [3.05, 3.63) is 23.8 Å². The SMILES string of the molecule is CSCC[C@H](NC(=O)NCc1ccnc(C)n1)C(=O)O. The third-order valence-electron chi connectivity index (χ3n) is 2.48. The summed E-state index contributed by atoms with van der Waals surface area (Å²) in [6.45, 7) is 1.98. The van der Waals surface area contributed by atoms with Gasteiger partial charge in [-0.1, -0.05) is 0 Å². The molecule has 1 atom stereocenters. The van der Waals surface area contributed by atoms with Crippen LogP contribution < -0.4 is 10.6 Å². The number of aliphatic carboxylic acids is 1. The lowest BCUT2D eigenvalue weighted by molar-refractivity contribution is -0.139. The van der Waals surface area contributed by atoms with Gasteiger partial charge in [0.15, 0.2) is 0 Å². The van der Waals surface area contributed by atoms with Crippen LogP contribution in [0.15, 0.2) is 12.3 Å². The first-order valence-corrected chi connectivity index (χ1v) is 7.47. The fourth-order valence-corrected chi connectivity index (χ4v) is 1.95. The molecule has 0 saturated heterocycles. The first-order chi connectivity index (χ1) is 9.52. The van der Waals surface area contributed by atoms with Gasteiger partial charge in [0.05, 0.1) is 12.2 Å². The average Bonchev–Trinajstić information content (AvgIpc) is 2.41. The van der Waals surface area contributed by atoms with Crippen LogP contribution in [0.3, 0.4) is 0 Å². The standard InChI is InChI=1S/C12H18N4O3S/c1-8-13-5-3-9(15-8)7-14-12(19)16-10(11(17)18)4-6-20-2/h3,5,10H,4,6-7H2,1-2H3,(H,17,18)(H2,14,16,19)/t10-/m0/s1. The number of nitrogens with zero attached hydrogens (tertiary/aromatic N) is 2. The van der Waals surface area contributed by atoms with Crippen molar-refractivity contribution in [3.8, 4) is 0 Å². The van der Waals surface area contributed by atoms with Gasteiger partial charge in [-0.25, -0.2) is 19.6 Å². The molecule has 0 aliphatic rings. The number of rotatable bonds is 7. The Labute approximate surface area is 121 Å². The summed E-state index contributed by atoms with van der Waals surface area (Å²) in [6.07, 6.45) is 3.88. The monoisotopic (exact) mass is 298 g/mol. The number of aryl methyl sites for hydroxylation is 1. The zero-order valence-corrected chi connectivity index (χ0v) is 12.2. The largest absolute Gasteiger partial charge is 0.480 e. The van der Waals surface area contributed by atoms with Gasteiger partial charge in [0.1, 0.15) is 11.9 Å². The van der Waals surface area contributed by atoms with E-state index >= 15 is 0 Å². The van der Waals surface area contributed by atoms with E-state index in [1.807, 2.05) is 6.26 Å². The van der Waals surface area contributed by atoms with E-state index in [1.165, 1.54) is 11.8 Å². The maximum atomic E-state index is 11.6. The third kappa shape index (κ3) is 5.87. The molecule has 7 nitrogen and oxygen atoms in total. The van der Waals surface area contributed by atoms with Crippen molar-refractivity contribution in [2.45, 2.75) is 25.9 Å². The molecule has 3 N–H and O–H groups in total. The molecule has 1 aromatic rings. The third-order valence-corrected chi connectivity index (χ3v) is 3.12. The second-order valence-corrected chi connectivity index (χ2v) is 5.08. The van der Waals surface area contributed by atoms with Crippen LogP contribution in [0.4, 0.5) is 4.79 Å². The van der Waals surface area contributed by atoms with Crippen LogP contribution in [-0.4, -0.2) is 45.1 Å². The molecule has 2 amide bonds. The summed E-state index contributed by atoms with van der Waals surface area (Å²) in [6, 6.07) is 0.291. The Morgan fingerprint density at radius 1 is 1.50 bits per heavy atom. The summed E-state index contributed by atoms with van der Waals surface area (Å²) in [4.78, 5) is 30.7. The number of carboxylic acids is 1. The summed E-state index contributed by atoms with van der Waals surface area (Å²) in [7, 11) is 0. The summed E-state index contributed by atoms with van der Waals surface area (Å²) >= 11 is 1.53. The molecule has 8 heteroatoms. The minimum atomic E-state index is -1.04. The number of carbonyl (C=O) groups is 2. The molecule has 110 valence electrons. The van der Waals surface area contributed by atoms with E-state index in [0.717, 1.165) is 0 Å². The maximum Gasteiger partial charge on any atom is 0.326 e. The topological polar surface area (TPSA) is 104 Å². The number of amides is 2. The van der Waals surface area contributed by atoms with E-state index in [2.05, 4.69) is 20.6 Å². The van der Waals surface area contributed by atoms with Gasteiger partial charge in [-0.15, -0.1) is 0 Å². The first kappa shape index (κ1) is 16.2. The van der Waals surface area contributed by atoms with Gasteiger partial charge in [-0.05, 0) is 31.4 Å². The van der Waals surface area contributed by atoms with Gasteiger partial charge in [0, 0.05) is 6.20 Å². The number of urea groups is 1. The zero-order valence-electron chi connectivity index (χ0n) is 11.4. The highest BCUT2D eigenvalue weighted by Crippen LogP contribution is 2.01. The predicted molar refractivity (Wildman–Crippen MR) is 76.6 cm³/mol. The Morgan fingerprint density at radius 2 is 2.25 bits per heavy atom. The van der Waals surface area contributed by atoms with E-state index in [-0.39, 0.29) is 6.54 Å². The molecule has 0 aliphatic carbocycles. The first-order valence-electron chi connectivity index (χ1n) is 6.07. The Hall–Kier alpha value is -1.83. The highest BCUT2D eigenvalue weighted by Gasteiger charge is 2.19. The number of thioether (sulfide) groups is 1. The van der Waals surface area contributed by atoms with Crippen molar-refractivity contribution in [3.63, 3.8) is 0 Å². The number of hydrogen-bond acceptors (Lipinski definition) is 5. The number of carbonyl (C=O) groups excluding carboxylic acids is 1. The second-order valence-electron chi connectivity index (χ2n) is 4.09. The number of hydrogen-bond donors (Lipinski definition) is 3. The minimum Gasteiger partial charge on any atom is -0.480 e. The smallest absolute Gasteiger partial charge is 0.326 e. The van der Waals surface area contributed by atoms with E-state index in [4.69, 9.17) is 5.11 Å². The van der Waals surface area contributed by atoms with Gasteiger partial charge in [-0.2, -0.15) is 11.8 Å². The van der Waals surface area contributed by atoms with E-state index in [9.17, 15) is 9.59 Å². The second kappa shape index (κ2) is 8.36. The lowest BCUT2D eigenvalue weighted by atomic mass is 10.2. The van der Waals surface area contributed by atoms with Crippen LogP contribution in [0.2, 0.25) is 0 Å². The molecule has 0 unspecified atom stereocenters. The molecule has 0 spiro atoms. The molecule has 20 heavy (non-hydrogen) atoms. The molecule has 0 fully saturated rings. The zero-order chi connectivity index (χ0) is 15.0. The molecule has 0 radical (unpaired) electrons. The number of carboxylic acid groups (broad SMARTS) is 1. The van der Waals surface area contributed by atoms with Gasteiger partial charge < -0.3 is 15.7 Å². The van der Waals surface area contributed by atoms with Crippen LogP contribution >= 0.6 is 11.8 Å². The molecule has 0 bridgehead atoms. The molecule has 0 aromatic carbocycles. The van der Waals surface area contributed by atoms with E-state index < -0.39 is 18.0 Å². The van der Waals surface area contributed by atoms with Crippen molar-refractivity contribution in [2.75, 3.05) is 12.0 Å². The van der Waals surface area contributed by atoms with Crippen LogP contribution in [0, 0.1) is 6.92 Å². The Kier molecular flexibility index (Phi) is 6.78. The van der Waals surface area contributed by atoms with Gasteiger partial charge in [0.2, 0.25) is 0 Å². The Morgan fingerprint density at radius 3 is 2.85 bits per heavy atom. The molecular formula is C12H18N4O3S. The summed E-state index contributed by atoms with van der Waals surface area (Å²) in [5.41, 5.74) is 0.670. The summed E-state index contributed by atoms with van der Waals surface area (Å²) in [5, 5.41) is 14.0. The number of aromatic nitrogens is 2. The van der Waals surface area contributed by atoms with Crippen LogP contribution in [-0.2, 0) is 11.3 Å². The normalized spacial score (nSPS) is 11.7. The van der Waals surface area contributed by atoms with Crippen molar-refractivity contribution < 1.29 is 14.7 Å². The maximum absolute atomic E-state index is 11.6. The molecular weight excluding hydrogens is 280 g/mol. The van der Waals surface area contributed by atoms with Gasteiger partial charge >= 0.3 is 12.0 Å². The fraction of sp³-hybridized carbons (Fsp3) is 0.500. The number of nitrogens with one attached hydrogen (secondary N) is 2. The molecule has 0 saturated carbocycles. The quantitative estimate of drug-likeness (QED) is 0.687. The molecule has 0 aliphatic heterocycles. The fourth-order valence-electron chi connectivity index (χ4n) is 1.48. The highest BCUT2D eigenvalue weighted by atomic mass is 32.2. The van der Waals surface area contributed by atoms with Crippen LogP contribution in [0.25, 0.3) is 0 Å². The average molecular weight is 298 g/mol. The van der Waals surface area contributed by atoms with Crippen molar-refractivity contribution in [1.82, 2.24) is 20.6 Å². The predicted octanol–water partition coefficient (Wildman–Crippen LogP) is 0.791. The van der Waals surface area contributed by atoms with Gasteiger partial charge in [0.25, 0.3) is 0 Å². The highest BCUT2D eigenvalue weighted by molar-refractivity contribution is 7.98. The molecule has 1 heterocycles. The van der Waals surface area contributed by atoms with Crippen molar-refractivity contribution in [2.24, 2.45) is 0 Å². The van der Waals surface area contributed by atoms with E-state index in [0.29, 0.717) is 23.7 Å². The minimum absolute atomic E-state index is 0.226. The molecule has 1 rings (SSSR count). The van der Waals surface area contributed by atoms with Crippen molar-refractivity contribution in [1.29, 1.82) is 0 Å². The Balaban J connectivity index is 2.43. The summed E-state index contributed by atoms with van der Waals surface area (Å²) < 4.78 is 0. The van der Waals surface area contributed by atoms with Crippen LogP contribution in [0.1, 0.15) is 17.9 Å². The van der Waals surface area contributed by atoms with Gasteiger partial charge in [-0.3, -0.25) is 0 Å². The Bertz CT molecular complexity index is 470. The van der Waals surface area contributed by atoms with Crippen molar-refractivity contribution >= 4 is 23.8 Å². The lowest BCUT2D eigenvalue weighted by Crippen LogP contribution is -2.46. The van der Waals surface area contributed by atoms with Crippen LogP contribution in [0.5, 0.6) is 0 Å². The van der Waals surface area contributed by atoms with E-state index in [1.54, 1.807) is 19.2 Å². The summed E-state index contributed by atoms with van der Waals surface area (Å²) in [5.74, 6) is 0.252. The lowest BCUT2D eigenvalue weighted by Gasteiger charge is -2.14.